The van der Waals surface area contributed by atoms with Crippen molar-refractivity contribution in [1.82, 2.24) is 0 Å². The minimum absolute atomic E-state index is 0.0305. The van der Waals surface area contributed by atoms with Crippen LogP contribution in [0.1, 0.15) is 12.8 Å². The van der Waals surface area contributed by atoms with Gasteiger partial charge in [-0.05, 0) is 73.2 Å². The van der Waals surface area contributed by atoms with E-state index in [-0.39, 0.29) is 22.9 Å². The SMILES string of the molecule is O=C(CCCOc1ccc(Cl)cc1)Nc1ccc(S(=O)(=O)Nc2cc(Cl)cc(Cl)c2)cc1. The summed E-state index contributed by atoms with van der Waals surface area (Å²) in [5, 5.41) is 3.98. The van der Waals surface area contributed by atoms with Gasteiger partial charge in [0.1, 0.15) is 5.75 Å². The smallest absolute Gasteiger partial charge is 0.261 e. The quantitative estimate of drug-likeness (QED) is 0.331. The van der Waals surface area contributed by atoms with Gasteiger partial charge in [0.25, 0.3) is 10.0 Å². The molecule has 0 aromatic heterocycles. The predicted molar refractivity (Wildman–Crippen MR) is 129 cm³/mol. The number of anilines is 2. The van der Waals surface area contributed by atoms with Gasteiger partial charge in [-0.3, -0.25) is 9.52 Å². The number of hydrogen-bond donors (Lipinski definition) is 2. The van der Waals surface area contributed by atoms with E-state index in [1.807, 2.05) is 0 Å². The van der Waals surface area contributed by atoms with Gasteiger partial charge in [-0.1, -0.05) is 34.8 Å². The molecule has 10 heteroatoms. The Hall–Kier alpha value is -2.45. The second-order valence-corrected chi connectivity index (χ2v) is 9.73. The maximum absolute atomic E-state index is 12.6. The number of sulfonamides is 1. The van der Waals surface area contributed by atoms with Crippen LogP contribution >= 0.6 is 34.8 Å². The molecular formula is C22H19Cl3N2O4S. The highest BCUT2D eigenvalue weighted by Crippen LogP contribution is 2.25. The molecule has 0 saturated carbocycles. The minimum Gasteiger partial charge on any atom is -0.494 e. The van der Waals surface area contributed by atoms with Gasteiger partial charge < -0.3 is 10.1 Å². The Morgan fingerprint density at radius 3 is 2.06 bits per heavy atom. The van der Waals surface area contributed by atoms with Crippen LogP contribution in [0.5, 0.6) is 5.75 Å². The highest BCUT2D eigenvalue weighted by Gasteiger charge is 2.15. The number of carbonyl (C=O) groups excluding carboxylic acids is 1. The first-order valence-corrected chi connectivity index (χ1v) is 12.1. The highest BCUT2D eigenvalue weighted by molar-refractivity contribution is 7.92. The summed E-state index contributed by atoms with van der Waals surface area (Å²) < 4.78 is 33.1. The van der Waals surface area contributed by atoms with Crippen molar-refractivity contribution in [3.05, 3.63) is 81.8 Å². The van der Waals surface area contributed by atoms with E-state index in [4.69, 9.17) is 39.5 Å². The zero-order valence-electron chi connectivity index (χ0n) is 16.6. The summed E-state index contributed by atoms with van der Waals surface area (Å²) in [5.41, 5.74) is 0.735. The monoisotopic (exact) mass is 512 g/mol. The second kappa shape index (κ2) is 10.9. The normalized spacial score (nSPS) is 11.1. The van der Waals surface area contributed by atoms with Gasteiger partial charge in [-0.25, -0.2) is 8.42 Å². The number of halogens is 3. The van der Waals surface area contributed by atoms with E-state index < -0.39 is 10.0 Å². The Morgan fingerprint density at radius 2 is 1.44 bits per heavy atom. The zero-order chi connectivity index (χ0) is 23.1. The summed E-state index contributed by atoms with van der Waals surface area (Å²) in [4.78, 5) is 12.1. The van der Waals surface area contributed by atoms with Crippen molar-refractivity contribution in [3.8, 4) is 5.75 Å². The van der Waals surface area contributed by atoms with Crippen molar-refractivity contribution in [2.75, 3.05) is 16.6 Å². The van der Waals surface area contributed by atoms with Crippen LogP contribution in [0.3, 0.4) is 0 Å². The van der Waals surface area contributed by atoms with Crippen LogP contribution in [0, 0.1) is 0 Å². The molecule has 32 heavy (non-hydrogen) atoms. The largest absolute Gasteiger partial charge is 0.494 e. The average Bonchev–Trinajstić information content (AvgIpc) is 2.72. The van der Waals surface area contributed by atoms with Gasteiger partial charge in [-0.2, -0.15) is 0 Å². The number of amides is 1. The predicted octanol–water partition coefficient (Wildman–Crippen LogP) is 6.25. The van der Waals surface area contributed by atoms with Crippen LogP contribution < -0.4 is 14.8 Å². The standard InChI is InChI=1S/C22H19Cl3N2O4S/c23-15-3-7-20(8-4-15)31-11-1-2-22(28)26-18-5-9-21(10-6-18)32(29,30)27-19-13-16(24)12-17(25)14-19/h3-10,12-14,27H,1-2,11H2,(H,26,28). The molecule has 0 atom stereocenters. The molecule has 0 aliphatic heterocycles. The first kappa shape index (κ1) is 24.2. The molecule has 0 radical (unpaired) electrons. The van der Waals surface area contributed by atoms with Gasteiger partial charge in [0, 0.05) is 27.2 Å². The maximum atomic E-state index is 12.6. The molecule has 2 N–H and O–H groups in total. The molecule has 0 bridgehead atoms. The zero-order valence-corrected chi connectivity index (χ0v) is 19.7. The molecule has 0 aliphatic carbocycles. The number of ether oxygens (including phenoxy) is 1. The van der Waals surface area contributed by atoms with Gasteiger partial charge in [0.15, 0.2) is 0 Å². The summed E-state index contributed by atoms with van der Waals surface area (Å²) in [6, 6.07) is 17.2. The van der Waals surface area contributed by atoms with E-state index in [0.717, 1.165) is 0 Å². The van der Waals surface area contributed by atoms with Crippen LogP contribution in [-0.4, -0.2) is 20.9 Å². The number of rotatable bonds is 9. The van der Waals surface area contributed by atoms with Crippen LogP contribution in [0.15, 0.2) is 71.6 Å². The lowest BCUT2D eigenvalue weighted by molar-refractivity contribution is -0.116. The third-order valence-electron chi connectivity index (χ3n) is 4.19. The van der Waals surface area contributed by atoms with Crippen LogP contribution in [0.25, 0.3) is 0 Å². The van der Waals surface area contributed by atoms with E-state index in [2.05, 4.69) is 10.0 Å². The van der Waals surface area contributed by atoms with Crippen LogP contribution in [0.4, 0.5) is 11.4 Å². The molecule has 3 aromatic rings. The molecule has 0 heterocycles. The van der Waals surface area contributed by atoms with Crippen molar-refractivity contribution in [2.45, 2.75) is 17.7 Å². The van der Waals surface area contributed by atoms with Crippen molar-refractivity contribution in [3.63, 3.8) is 0 Å². The van der Waals surface area contributed by atoms with Crippen molar-refractivity contribution >= 4 is 62.1 Å². The fourth-order valence-electron chi connectivity index (χ4n) is 2.72. The molecule has 168 valence electrons. The molecule has 6 nitrogen and oxygen atoms in total. The lowest BCUT2D eigenvalue weighted by atomic mass is 10.2. The van der Waals surface area contributed by atoms with Gasteiger partial charge >= 0.3 is 0 Å². The van der Waals surface area contributed by atoms with E-state index in [1.54, 1.807) is 24.3 Å². The first-order chi connectivity index (χ1) is 15.2. The topological polar surface area (TPSA) is 84.5 Å². The van der Waals surface area contributed by atoms with E-state index in [0.29, 0.717) is 39.5 Å². The van der Waals surface area contributed by atoms with Crippen molar-refractivity contribution in [2.24, 2.45) is 0 Å². The third kappa shape index (κ3) is 7.31. The third-order valence-corrected chi connectivity index (χ3v) is 6.28. The van der Waals surface area contributed by atoms with Gasteiger partial charge in [0.05, 0.1) is 17.2 Å². The summed E-state index contributed by atoms with van der Waals surface area (Å²) in [6.45, 7) is 0.380. The second-order valence-electron chi connectivity index (χ2n) is 6.74. The van der Waals surface area contributed by atoms with E-state index >= 15 is 0 Å². The number of carbonyl (C=O) groups is 1. The fraction of sp³-hybridized carbons (Fsp3) is 0.136. The maximum Gasteiger partial charge on any atom is 0.261 e. The summed E-state index contributed by atoms with van der Waals surface area (Å²) in [7, 11) is -3.84. The van der Waals surface area contributed by atoms with E-state index in [9.17, 15) is 13.2 Å². The molecule has 0 aliphatic rings. The van der Waals surface area contributed by atoms with Crippen LogP contribution in [0.2, 0.25) is 15.1 Å². The summed E-state index contributed by atoms with van der Waals surface area (Å²) in [6.07, 6.45) is 0.776. The first-order valence-electron chi connectivity index (χ1n) is 9.48. The molecule has 0 saturated heterocycles. The molecule has 0 fully saturated rings. The molecule has 1 amide bonds. The number of hydrogen-bond acceptors (Lipinski definition) is 4. The number of nitrogens with one attached hydrogen (secondary N) is 2. The molecule has 3 aromatic carbocycles. The van der Waals surface area contributed by atoms with Crippen molar-refractivity contribution < 1.29 is 17.9 Å². The Kier molecular flexibility index (Phi) is 8.26. The Morgan fingerprint density at radius 1 is 0.812 bits per heavy atom. The van der Waals surface area contributed by atoms with E-state index in [1.165, 1.54) is 42.5 Å². The Labute approximate surface area is 201 Å². The summed E-state index contributed by atoms with van der Waals surface area (Å²) in [5.74, 6) is 0.479. The molecule has 3 rings (SSSR count). The lowest BCUT2D eigenvalue weighted by Gasteiger charge is -2.10. The molecule has 0 spiro atoms. The highest BCUT2D eigenvalue weighted by atomic mass is 35.5. The fourth-order valence-corrected chi connectivity index (χ4v) is 4.41. The Bertz CT molecular complexity index is 1160. The molecular weight excluding hydrogens is 495 g/mol. The summed E-state index contributed by atoms with van der Waals surface area (Å²) >= 11 is 17.6. The lowest BCUT2D eigenvalue weighted by Crippen LogP contribution is -2.14. The Balaban J connectivity index is 1.49. The average molecular weight is 514 g/mol. The van der Waals surface area contributed by atoms with Gasteiger partial charge in [-0.15, -0.1) is 0 Å². The van der Waals surface area contributed by atoms with Crippen LogP contribution in [-0.2, 0) is 14.8 Å². The minimum atomic E-state index is -3.84. The van der Waals surface area contributed by atoms with Crippen molar-refractivity contribution in [1.29, 1.82) is 0 Å². The van der Waals surface area contributed by atoms with Gasteiger partial charge in [0.2, 0.25) is 5.91 Å². The number of benzene rings is 3. The molecule has 0 unspecified atom stereocenters.